The molecule has 0 saturated heterocycles. The summed E-state index contributed by atoms with van der Waals surface area (Å²) in [5, 5.41) is 0. The molecule has 0 bridgehead atoms. The fourth-order valence-electron chi connectivity index (χ4n) is 2.04. The van der Waals surface area contributed by atoms with E-state index in [1.54, 1.807) is 0 Å². The van der Waals surface area contributed by atoms with Gasteiger partial charge in [0.15, 0.2) is 17.5 Å². The lowest BCUT2D eigenvalue weighted by molar-refractivity contribution is 0.173. The molecule has 102 valence electrons. The molecule has 6 heteroatoms. The van der Waals surface area contributed by atoms with Gasteiger partial charge in [0.05, 0.1) is 11.0 Å². The molecular weight excluding hydrogens is 310 g/mol. The first-order chi connectivity index (χ1) is 9.15. The van der Waals surface area contributed by atoms with E-state index in [-0.39, 0.29) is 6.79 Å². The van der Waals surface area contributed by atoms with Crippen molar-refractivity contribution in [2.45, 2.75) is 25.4 Å². The van der Waals surface area contributed by atoms with Crippen molar-refractivity contribution in [3.05, 3.63) is 22.2 Å². The largest absolute Gasteiger partial charge is 0.454 e. The van der Waals surface area contributed by atoms with Gasteiger partial charge in [-0.25, -0.2) is 4.99 Å². The molecular formula is C13H16BrN3O2. The van der Waals surface area contributed by atoms with Gasteiger partial charge >= 0.3 is 0 Å². The van der Waals surface area contributed by atoms with Crippen molar-refractivity contribution in [2.24, 2.45) is 10.7 Å². The molecule has 1 aliphatic carbocycles. The molecule has 1 aromatic carbocycles. The van der Waals surface area contributed by atoms with E-state index in [4.69, 9.17) is 15.2 Å². The van der Waals surface area contributed by atoms with E-state index in [1.165, 1.54) is 12.8 Å². The van der Waals surface area contributed by atoms with E-state index in [0.717, 1.165) is 21.5 Å². The van der Waals surface area contributed by atoms with Crippen LogP contribution in [-0.2, 0) is 6.54 Å². The number of aliphatic imine (C=N–C) groups is 1. The molecule has 3 rings (SSSR count). The minimum atomic E-state index is 0.271. The van der Waals surface area contributed by atoms with Gasteiger partial charge in [0.2, 0.25) is 6.79 Å². The highest BCUT2D eigenvalue weighted by atomic mass is 79.9. The summed E-state index contributed by atoms with van der Waals surface area (Å²) in [5.74, 6) is 2.11. The van der Waals surface area contributed by atoms with E-state index >= 15 is 0 Å². The lowest BCUT2D eigenvalue weighted by Gasteiger charge is -2.16. The van der Waals surface area contributed by atoms with Crippen LogP contribution in [0.2, 0.25) is 0 Å². The Balaban J connectivity index is 1.73. The molecule has 0 atom stereocenters. The van der Waals surface area contributed by atoms with Crippen LogP contribution in [0, 0.1) is 0 Å². The number of benzene rings is 1. The average Bonchev–Trinajstić information content (AvgIpc) is 3.13. The highest BCUT2D eigenvalue weighted by Crippen LogP contribution is 2.40. The van der Waals surface area contributed by atoms with E-state index in [0.29, 0.717) is 18.5 Å². The molecule has 1 aliphatic heterocycles. The van der Waals surface area contributed by atoms with Crippen molar-refractivity contribution in [3.63, 3.8) is 0 Å². The van der Waals surface area contributed by atoms with Crippen molar-refractivity contribution in [3.8, 4) is 11.5 Å². The summed E-state index contributed by atoms with van der Waals surface area (Å²) < 4.78 is 11.6. The predicted octanol–water partition coefficient (Wildman–Crippen LogP) is 2.09. The van der Waals surface area contributed by atoms with Crippen LogP contribution in [0.25, 0.3) is 0 Å². The number of nitrogens with zero attached hydrogens (tertiary/aromatic N) is 2. The second kappa shape index (κ2) is 4.92. The normalized spacial score (nSPS) is 17.7. The van der Waals surface area contributed by atoms with Crippen LogP contribution in [0.5, 0.6) is 11.5 Å². The van der Waals surface area contributed by atoms with Crippen molar-refractivity contribution >= 4 is 21.9 Å². The summed E-state index contributed by atoms with van der Waals surface area (Å²) in [6.45, 7) is 0.811. The number of hydrogen-bond donors (Lipinski definition) is 1. The Morgan fingerprint density at radius 2 is 2.26 bits per heavy atom. The van der Waals surface area contributed by atoms with Crippen LogP contribution < -0.4 is 15.2 Å². The number of halogens is 1. The monoisotopic (exact) mass is 325 g/mol. The Bertz CT molecular complexity index is 529. The lowest BCUT2D eigenvalue weighted by Crippen LogP contribution is -2.35. The van der Waals surface area contributed by atoms with Gasteiger partial charge in [-0.15, -0.1) is 0 Å². The first kappa shape index (κ1) is 12.6. The Hall–Kier alpha value is -1.43. The molecule has 1 heterocycles. The summed E-state index contributed by atoms with van der Waals surface area (Å²) in [4.78, 5) is 6.47. The third-order valence-corrected chi connectivity index (χ3v) is 3.96. The first-order valence-corrected chi connectivity index (χ1v) is 7.05. The zero-order chi connectivity index (χ0) is 13.4. The second-order valence-corrected chi connectivity index (χ2v) is 5.68. The molecule has 1 aromatic rings. The quantitative estimate of drug-likeness (QED) is 0.682. The number of nitrogens with two attached hydrogens (primary N) is 1. The molecule has 2 N–H and O–H groups in total. The highest BCUT2D eigenvalue weighted by Gasteiger charge is 2.27. The lowest BCUT2D eigenvalue weighted by atomic mass is 10.2. The highest BCUT2D eigenvalue weighted by molar-refractivity contribution is 9.10. The Labute approximate surface area is 120 Å². The number of ether oxygens (including phenoxy) is 2. The SMILES string of the molecule is CN(C(N)=NCc1cc(Br)c2c(c1)OCO2)C1CC1. The molecule has 5 nitrogen and oxygen atoms in total. The molecule has 0 aromatic heterocycles. The summed E-state index contributed by atoms with van der Waals surface area (Å²) in [5.41, 5.74) is 7.01. The fraction of sp³-hybridized carbons (Fsp3) is 0.462. The second-order valence-electron chi connectivity index (χ2n) is 4.83. The predicted molar refractivity (Wildman–Crippen MR) is 76.4 cm³/mol. The number of guanidine groups is 1. The smallest absolute Gasteiger partial charge is 0.231 e. The van der Waals surface area contributed by atoms with Crippen LogP contribution in [0.4, 0.5) is 0 Å². The van der Waals surface area contributed by atoms with Crippen molar-refractivity contribution in [1.29, 1.82) is 0 Å². The van der Waals surface area contributed by atoms with Crippen LogP contribution in [0.1, 0.15) is 18.4 Å². The van der Waals surface area contributed by atoms with Crippen LogP contribution in [0.15, 0.2) is 21.6 Å². The molecule has 19 heavy (non-hydrogen) atoms. The third kappa shape index (κ3) is 2.63. The van der Waals surface area contributed by atoms with Gasteiger partial charge in [-0.2, -0.15) is 0 Å². The Morgan fingerprint density at radius 3 is 3.00 bits per heavy atom. The summed E-state index contributed by atoms with van der Waals surface area (Å²) in [7, 11) is 1.99. The molecule has 1 saturated carbocycles. The van der Waals surface area contributed by atoms with Crippen molar-refractivity contribution in [2.75, 3.05) is 13.8 Å². The molecule has 0 spiro atoms. The van der Waals surface area contributed by atoms with Gasteiger partial charge in [0.25, 0.3) is 0 Å². The molecule has 0 amide bonds. The van der Waals surface area contributed by atoms with E-state index < -0.39 is 0 Å². The molecule has 0 unspecified atom stereocenters. The van der Waals surface area contributed by atoms with Crippen LogP contribution >= 0.6 is 15.9 Å². The number of hydrogen-bond acceptors (Lipinski definition) is 3. The van der Waals surface area contributed by atoms with E-state index in [1.807, 2.05) is 24.1 Å². The van der Waals surface area contributed by atoms with Crippen molar-refractivity contribution < 1.29 is 9.47 Å². The van der Waals surface area contributed by atoms with Gasteiger partial charge in [0, 0.05) is 13.1 Å². The minimum absolute atomic E-state index is 0.271. The summed E-state index contributed by atoms with van der Waals surface area (Å²) in [6.07, 6.45) is 2.42. The maximum atomic E-state index is 5.97. The van der Waals surface area contributed by atoms with Crippen LogP contribution in [0.3, 0.4) is 0 Å². The first-order valence-electron chi connectivity index (χ1n) is 6.26. The fourth-order valence-corrected chi connectivity index (χ4v) is 2.65. The number of rotatable bonds is 3. The Morgan fingerprint density at radius 1 is 1.47 bits per heavy atom. The van der Waals surface area contributed by atoms with Gasteiger partial charge in [-0.05, 0) is 46.5 Å². The van der Waals surface area contributed by atoms with Gasteiger partial charge in [-0.3, -0.25) is 0 Å². The van der Waals surface area contributed by atoms with Gasteiger partial charge in [-0.1, -0.05) is 0 Å². The minimum Gasteiger partial charge on any atom is -0.454 e. The van der Waals surface area contributed by atoms with Crippen LogP contribution in [-0.4, -0.2) is 30.7 Å². The summed E-state index contributed by atoms with van der Waals surface area (Å²) in [6, 6.07) is 4.51. The van der Waals surface area contributed by atoms with Crippen molar-refractivity contribution in [1.82, 2.24) is 4.90 Å². The van der Waals surface area contributed by atoms with E-state index in [2.05, 4.69) is 20.9 Å². The molecule has 2 aliphatic rings. The average molecular weight is 326 g/mol. The zero-order valence-corrected chi connectivity index (χ0v) is 12.3. The Kier molecular flexibility index (Phi) is 3.26. The zero-order valence-electron chi connectivity index (χ0n) is 10.7. The molecule has 0 radical (unpaired) electrons. The van der Waals surface area contributed by atoms with Gasteiger partial charge in [0.1, 0.15) is 0 Å². The maximum absolute atomic E-state index is 5.97. The summed E-state index contributed by atoms with van der Waals surface area (Å²) >= 11 is 3.47. The van der Waals surface area contributed by atoms with Gasteiger partial charge < -0.3 is 20.1 Å². The number of fused-ring (bicyclic) bond motifs is 1. The maximum Gasteiger partial charge on any atom is 0.231 e. The standard InChI is InChI=1S/C13H16BrN3O2/c1-17(9-2-3-9)13(15)16-6-8-4-10(14)12-11(5-8)18-7-19-12/h4-5,9H,2-3,6-7H2,1H3,(H2,15,16). The topological polar surface area (TPSA) is 60.1 Å². The third-order valence-electron chi connectivity index (χ3n) is 3.37. The van der Waals surface area contributed by atoms with E-state index in [9.17, 15) is 0 Å². The molecule has 1 fully saturated rings.